The number of esters is 1. The normalized spacial score (nSPS) is 19.0. The van der Waals surface area contributed by atoms with Crippen LogP contribution in [0.15, 0.2) is 48.6 Å². The van der Waals surface area contributed by atoms with Crippen LogP contribution < -0.4 is 5.73 Å². The Balaban J connectivity index is 6.68. The molecule has 0 aliphatic carbocycles. The third-order valence-electron chi connectivity index (χ3n) is 10.4. The SMILES string of the molecule is C=CC=C[C@H](C)[C@H](OC(N)=O)[C@@H](C)[C@H](O[Si](C)(C)C(C)(C)C)[C@@H](C)CC(C)=C[C@H](C)[C@@H](O[Si](C)(C)C(C)(C)C)[C@@H](C)C=CC(=O)OC. The number of nitrogens with two attached hydrogens (primary N) is 1. The molecule has 9 heteroatoms. The molecule has 0 aromatic rings. The van der Waals surface area contributed by atoms with Gasteiger partial charge in [-0.3, -0.25) is 0 Å². The van der Waals surface area contributed by atoms with Crippen LogP contribution in [0, 0.1) is 29.6 Å². The highest BCUT2D eigenvalue weighted by molar-refractivity contribution is 6.74. The number of amides is 1. The molecule has 0 heterocycles. The van der Waals surface area contributed by atoms with E-state index in [-0.39, 0.29) is 57.8 Å². The average Bonchev–Trinajstić information content (AvgIpc) is 2.92. The number of methoxy groups -OCH3 is 1. The Morgan fingerprint density at radius 3 is 1.68 bits per heavy atom. The van der Waals surface area contributed by atoms with Crippen molar-refractivity contribution in [3.8, 4) is 0 Å². The predicted octanol–water partition coefficient (Wildman–Crippen LogP) is 10.2. The fourth-order valence-electron chi connectivity index (χ4n) is 5.49. The Hall–Kier alpha value is -1.95. The van der Waals surface area contributed by atoms with E-state index in [1.165, 1.54) is 18.8 Å². The Morgan fingerprint density at radius 1 is 0.787 bits per heavy atom. The third-order valence-corrected chi connectivity index (χ3v) is 19.3. The number of hydrogen-bond acceptors (Lipinski definition) is 6. The number of allylic oxidation sites excluding steroid dienone is 3. The number of carbonyl (C=O) groups excluding carboxylic acids is 2. The van der Waals surface area contributed by atoms with Crippen molar-refractivity contribution in [1.82, 2.24) is 0 Å². The smallest absolute Gasteiger partial charge is 0.404 e. The summed E-state index contributed by atoms with van der Waals surface area (Å²) in [6.45, 7) is 39.1. The standard InChI is InChI=1S/C38H71NO6Si2/c1-19-20-21-27(3)34(43-36(39)41)31(7)35(45-47(17,18)38(11,12)13)30(6)25-26(2)24-29(5)33(28(4)22-23-32(40)42-14)44-46(15,16)37(8,9)10/h19-24,27-31,33-35H,1,25H2,2-18H3,(H2,39,41)/t27-,28-,29-,30-,31+,33-,34-,35+/m0/s1. The van der Waals surface area contributed by atoms with E-state index < -0.39 is 28.8 Å². The van der Waals surface area contributed by atoms with E-state index in [1.807, 2.05) is 25.2 Å². The molecule has 8 atom stereocenters. The highest BCUT2D eigenvalue weighted by atomic mass is 28.4. The van der Waals surface area contributed by atoms with E-state index in [1.54, 1.807) is 6.08 Å². The molecular weight excluding hydrogens is 623 g/mol. The molecule has 0 saturated heterocycles. The van der Waals surface area contributed by atoms with Crippen molar-refractivity contribution >= 4 is 28.7 Å². The maximum Gasteiger partial charge on any atom is 0.404 e. The molecule has 272 valence electrons. The fraction of sp³-hybridized carbons (Fsp3) is 0.737. The molecule has 47 heavy (non-hydrogen) atoms. The number of carbonyl (C=O) groups is 2. The van der Waals surface area contributed by atoms with Gasteiger partial charge in [-0.2, -0.15) is 0 Å². The van der Waals surface area contributed by atoms with Gasteiger partial charge in [0.25, 0.3) is 0 Å². The molecule has 0 unspecified atom stereocenters. The summed E-state index contributed by atoms with van der Waals surface area (Å²) in [5.41, 5.74) is 6.83. The lowest BCUT2D eigenvalue weighted by molar-refractivity contribution is -0.134. The highest BCUT2D eigenvalue weighted by Gasteiger charge is 2.44. The van der Waals surface area contributed by atoms with Crippen molar-refractivity contribution in [2.45, 2.75) is 144 Å². The summed E-state index contributed by atoms with van der Waals surface area (Å²) < 4.78 is 24.8. The first kappa shape index (κ1) is 45.1. The van der Waals surface area contributed by atoms with Gasteiger partial charge in [-0.15, -0.1) is 0 Å². The summed E-state index contributed by atoms with van der Waals surface area (Å²) in [6.07, 6.45) is 10.6. The molecule has 0 saturated carbocycles. The maximum atomic E-state index is 12.1. The molecule has 0 aromatic carbocycles. The van der Waals surface area contributed by atoms with Crippen LogP contribution in [0.2, 0.25) is 36.3 Å². The Labute approximate surface area is 291 Å². The molecule has 2 N–H and O–H groups in total. The minimum atomic E-state index is -2.21. The van der Waals surface area contributed by atoms with E-state index in [0.29, 0.717) is 0 Å². The van der Waals surface area contributed by atoms with Crippen molar-refractivity contribution in [3.05, 3.63) is 48.6 Å². The molecule has 0 radical (unpaired) electrons. The summed E-state index contributed by atoms with van der Waals surface area (Å²) in [4.78, 5) is 24.0. The largest absolute Gasteiger partial charge is 0.466 e. The predicted molar refractivity (Wildman–Crippen MR) is 203 cm³/mol. The van der Waals surface area contributed by atoms with Gasteiger partial charge in [-0.05, 0) is 61.4 Å². The molecule has 1 amide bonds. The first-order chi connectivity index (χ1) is 21.2. The Morgan fingerprint density at radius 2 is 1.26 bits per heavy atom. The molecule has 0 aliphatic heterocycles. The van der Waals surface area contributed by atoms with Gasteiger partial charge >= 0.3 is 12.1 Å². The zero-order valence-electron chi connectivity index (χ0n) is 33.0. The second-order valence-corrected chi connectivity index (χ2v) is 26.2. The Bertz CT molecular complexity index is 1100. The van der Waals surface area contributed by atoms with Crippen LogP contribution in [-0.2, 0) is 23.1 Å². The number of hydrogen-bond donors (Lipinski definition) is 1. The van der Waals surface area contributed by atoms with Crippen molar-refractivity contribution in [1.29, 1.82) is 0 Å². The summed E-state index contributed by atoms with van der Waals surface area (Å²) in [6, 6.07) is 0. The van der Waals surface area contributed by atoms with E-state index in [9.17, 15) is 9.59 Å². The lowest BCUT2D eigenvalue weighted by atomic mass is 9.81. The molecule has 0 rings (SSSR count). The van der Waals surface area contributed by atoms with Gasteiger partial charge in [0.15, 0.2) is 16.6 Å². The second-order valence-electron chi connectivity index (χ2n) is 16.7. The van der Waals surface area contributed by atoms with Crippen LogP contribution in [0.25, 0.3) is 0 Å². The van der Waals surface area contributed by atoms with Crippen LogP contribution in [-0.4, -0.2) is 54.1 Å². The molecule has 7 nitrogen and oxygen atoms in total. The lowest BCUT2D eigenvalue weighted by Gasteiger charge is -2.45. The van der Waals surface area contributed by atoms with Gasteiger partial charge in [-0.1, -0.05) is 119 Å². The number of primary amides is 1. The highest BCUT2D eigenvalue weighted by Crippen LogP contribution is 2.42. The summed E-state index contributed by atoms with van der Waals surface area (Å²) >= 11 is 0. The fourth-order valence-corrected chi connectivity index (χ4v) is 8.43. The minimum absolute atomic E-state index is 0.000644. The second kappa shape index (κ2) is 18.7. The topological polar surface area (TPSA) is 97.1 Å². The van der Waals surface area contributed by atoms with Crippen molar-refractivity contribution < 1.29 is 27.9 Å². The van der Waals surface area contributed by atoms with E-state index >= 15 is 0 Å². The van der Waals surface area contributed by atoms with Crippen LogP contribution in [0.1, 0.15) is 89.5 Å². The van der Waals surface area contributed by atoms with Crippen molar-refractivity contribution in [2.75, 3.05) is 7.11 Å². The number of rotatable bonds is 18. The monoisotopic (exact) mass is 693 g/mol. The van der Waals surface area contributed by atoms with Crippen LogP contribution >= 0.6 is 0 Å². The zero-order chi connectivity index (χ0) is 37.1. The average molecular weight is 694 g/mol. The van der Waals surface area contributed by atoms with Gasteiger partial charge in [0, 0.05) is 23.8 Å². The Kier molecular flexibility index (Phi) is 17.9. The van der Waals surface area contributed by atoms with Crippen LogP contribution in [0.3, 0.4) is 0 Å². The van der Waals surface area contributed by atoms with Gasteiger partial charge in [-0.25, -0.2) is 9.59 Å². The van der Waals surface area contributed by atoms with Gasteiger partial charge in [0.05, 0.1) is 19.3 Å². The summed E-state index contributed by atoms with van der Waals surface area (Å²) in [7, 11) is -2.94. The van der Waals surface area contributed by atoms with Gasteiger partial charge in [0.1, 0.15) is 6.10 Å². The van der Waals surface area contributed by atoms with Crippen molar-refractivity contribution in [2.24, 2.45) is 35.3 Å². The van der Waals surface area contributed by atoms with E-state index in [2.05, 4.69) is 115 Å². The maximum absolute atomic E-state index is 12.1. The molecule has 0 aromatic heterocycles. The lowest BCUT2D eigenvalue weighted by Crippen LogP contribution is -2.50. The first-order valence-electron chi connectivity index (χ1n) is 17.3. The molecular formula is C38H71NO6Si2. The molecule has 0 aliphatic rings. The molecule has 0 spiro atoms. The molecule has 0 fully saturated rings. The first-order valence-corrected chi connectivity index (χ1v) is 23.1. The van der Waals surface area contributed by atoms with Gasteiger partial charge in [0.2, 0.25) is 0 Å². The van der Waals surface area contributed by atoms with E-state index in [0.717, 1.165) is 6.42 Å². The van der Waals surface area contributed by atoms with Crippen molar-refractivity contribution in [3.63, 3.8) is 0 Å². The van der Waals surface area contributed by atoms with Gasteiger partial charge < -0.3 is 24.1 Å². The molecule has 0 bridgehead atoms. The number of ether oxygens (including phenoxy) is 2. The van der Waals surface area contributed by atoms with Crippen LogP contribution in [0.4, 0.5) is 4.79 Å². The summed E-state index contributed by atoms with van der Waals surface area (Å²) in [5.74, 6) is -0.386. The quantitative estimate of drug-likeness (QED) is 0.0505. The third kappa shape index (κ3) is 14.6. The zero-order valence-corrected chi connectivity index (χ0v) is 35.0. The minimum Gasteiger partial charge on any atom is -0.466 e. The van der Waals surface area contributed by atoms with E-state index in [4.69, 9.17) is 24.1 Å². The van der Waals surface area contributed by atoms with Crippen LogP contribution in [0.5, 0.6) is 0 Å². The summed E-state index contributed by atoms with van der Waals surface area (Å²) in [5, 5.41) is 0.0383.